The summed E-state index contributed by atoms with van der Waals surface area (Å²) in [6.45, 7) is 4.51. The van der Waals surface area contributed by atoms with Gasteiger partial charge in [0, 0.05) is 23.6 Å². The zero-order valence-electron chi connectivity index (χ0n) is 13.0. The number of benzene rings is 1. The van der Waals surface area contributed by atoms with Gasteiger partial charge in [-0.1, -0.05) is 38.8 Å². The number of anilines is 1. The quantitative estimate of drug-likeness (QED) is 0.685. The Labute approximate surface area is 127 Å². The smallest absolute Gasteiger partial charge is 0.227 e. The van der Waals surface area contributed by atoms with Crippen molar-refractivity contribution in [2.24, 2.45) is 11.7 Å². The molecule has 1 aromatic carbocycles. The predicted octanol–water partition coefficient (Wildman–Crippen LogP) is 3.37. The normalized spacial score (nSPS) is 10.7. The number of carbonyl (C=O) groups excluding carboxylic acids is 2. The van der Waals surface area contributed by atoms with E-state index in [0.717, 1.165) is 25.7 Å². The van der Waals surface area contributed by atoms with Crippen LogP contribution in [0, 0.1) is 5.92 Å². The van der Waals surface area contributed by atoms with E-state index in [1.165, 1.54) is 0 Å². The molecule has 4 heteroatoms. The van der Waals surface area contributed by atoms with Crippen LogP contribution in [0.2, 0.25) is 0 Å². The Morgan fingerprint density at radius 1 is 1.19 bits per heavy atom. The topological polar surface area (TPSA) is 72.2 Å². The second-order valence-electron chi connectivity index (χ2n) is 5.31. The summed E-state index contributed by atoms with van der Waals surface area (Å²) in [6, 6.07) is 7.08. The lowest BCUT2D eigenvalue weighted by atomic mass is 9.97. The van der Waals surface area contributed by atoms with Gasteiger partial charge in [0.2, 0.25) is 5.91 Å². The van der Waals surface area contributed by atoms with E-state index in [1.807, 2.05) is 6.07 Å². The third-order valence-electron chi connectivity index (χ3n) is 3.47. The molecule has 0 fully saturated rings. The maximum atomic E-state index is 12.3. The van der Waals surface area contributed by atoms with Crippen molar-refractivity contribution in [2.45, 2.75) is 46.0 Å². The lowest BCUT2D eigenvalue weighted by molar-refractivity contribution is -0.120. The first-order valence-corrected chi connectivity index (χ1v) is 7.76. The molecule has 1 rings (SSSR count). The summed E-state index contributed by atoms with van der Waals surface area (Å²) in [5.41, 5.74) is 6.68. The van der Waals surface area contributed by atoms with Crippen molar-refractivity contribution in [2.75, 3.05) is 11.9 Å². The minimum atomic E-state index is 0.00673. The lowest BCUT2D eigenvalue weighted by Gasteiger charge is -2.15. The molecule has 116 valence electrons. The van der Waals surface area contributed by atoms with Crippen molar-refractivity contribution in [1.29, 1.82) is 0 Å². The number of rotatable bonds is 9. The van der Waals surface area contributed by atoms with Gasteiger partial charge in [-0.05, 0) is 31.5 Å². The zero-order valence-corrected chi connectivity index (χ0v) is 13.0. The van der Waals surface area contributed by atoms with Crippen LogP contribution in [-0.2, 0) is 4.79 Å². The first-order chi connectivity index (χ1) is 10.1. The minimum Gasteiger partial charge on any atom is -0.330 e. The highest BCUT2D eigenvalue weighted by atomic mass is 16.2. The molecule has 0 saturated carbocycles. The van der Waals surface area contributed by atoms with E-state index in [0.29, 0.717) is 24.2 Å². The van der Waals surface area contributed by atoms with E-state index < -0.39 is 0 Å². The van der Waals surface area contributed by atoms with Crippen LogP contribution in [-0.4, -0.2) is 18.2 Å². The lowest BCUT2D eigenvalue weighted by Crippen LogP contribution is -2.22. The van der Waals surface area contributed by atoms with Crippen LogP contribution >= 0.6 is 0 Å². The van der Waals surface area contributed by atoms with E-state index in [9.17, 15) is 9.59 Å². The van der Waals surface area contributed by atoms with Gasteiger partial charge in [-0.15, -0.1) is 0 Å². The van der Waals surface area contributed by atoms with Gasteiger partial charge in [-0.25, -0.2) is 0 Å². The van der Waals surface area contributed by atoms with Crippen LogP contribution in [0.4, 0.5) is 5.69 Å². The number of amides is 1. The fraction of sp³-hybridized carbons (Fsp3) is 0.529. The average molecular weight is 290 g/mol. The Kier molecular flexibility index (Phi) is 7.69. The highest BCUT2D eigenvalue weighted by molar-refractivity contribution is 5.98. The number of hydrogen-bond donors (Lipinski definition) is 2. The molecular weight excluding hydrogens is 264 g/mol. The molecule has 1 amide bonds. The van der Waals surface area contributed by atoms with Crippen molar-refractivity contribution >= 4 is 17.4 Å². The Balaban J connectivity index is 2.75. The molecule has 4 nitrogen and oxygen atoms in total. The summed E-state index contributed by atoms with van der Waals surface area (Å²) in [7, 11) is 0. The largest absolute Gasteiger partial charge is 0.330 e. The maximum Gasteiger partial charge on any atom is 0.227 e. The third kappa shape index (κ3) is 5.68. The zero-order chi connectivity index (χ0) is 15.7. The molecule has 0 heterocycles. The number of nitrogens with one attached hydrogen (secondary N) is 1. The van der Waals surface area contributed by atoms with Gasteiger partial charge < -0.3 is 11.1 Å². The summed E-state index contributed by atoms with van der Waals surface area (Å²) in [4.78, 5) is 24.1. The molecule has 0 unspecified atom stereocenters. The van der Waals surface area contributed by atoms with E-state index in [4.69, 9.17) is 5.73 Å². The van der Waals surface area contributed by atoms with Gasteiger partial charge >= 0.3 is 0 Å². The number of nitrogens with two attached hydrogens (primary N) is 1. The molecule has 0 atom stereocenters. The van der Waals surface area contributed by atoms with Crippen molar-refractivity contribution in [3.63, 3.8) is 0 Å². The second kappa shape index (κ2) is 9.29. The van der Waals surface area contributed by atoms with Gasteiger partial charge in [0.05, 0.1) is 0 Å². The maximum absolute atomic E-state index is 12.3. The van der Waals surface area contributed by atoms with E-state index in [1.54, 1.807) is 18.2 Å². The van der Waals surface area contributed by atoms with Crippen LogP contribution in [0.25, 0.3) is 0 Å². The molecule has 1 aromatic rings. The Morgan fingerprint density at radius 2 is 1.86 bits per heavy atom. The van der Waals surface area contributed by atoms with E-state index in [2.05, 4.69) is 19.2 Å². The number of Topliss-reactive ketones (excluding diaryl/α,β-unsaturated/α-hetero) is 1. The summed E-state index contributed by atoms with van der Waals surface area (Å²) in [5, 5.41) is 2.93. The summed E-state index contributed by atoms with van der Waals surface area (Å²) < 4.78 is 0. The molecule has 0 aliphatic carbocycles. The van der Waals surface area contributed by atoms with Gasteiger partial charge in [-0.2, -0.15) is 0 Å². The Morgan fingerprint density at radius 3 is 2.43 bits per heavy atom. The summed E-state index contributed by atoms with van der Waals surface area (Å²) >= 11 is 0. The Bertz CT molecular complexity index is 466. The molecule has 0 aliphatic rings. The summed E-state index contributed by atoms with van der Waals surface area (Å²) in [6.07, 6.45) is 4.10. The monoisotopic (exact) mass is 290 g/mol. The van der Waals surface area contributed by atoms with Crippen molar-refractivity contribution in [3.05, 3.63) is 29.8 Å². The molecule has 0 bridgehead atoms. The molecule has 0 aliphatic heterocycles. The first-order valence-electron chi connectivity index (χ1n) is 7.76. The van der Waals surface area contributed by atoms with Gasteiger partial charge in [0.25, 0.3) is 0 Å². The van der Waals surface area contributed by atoms with Crippen LogP contribution in [0.15, 0.2) is 24.3 Å². The molecule has 0 radical (unpaired) electrons. The van der Waals surface area contributed by atoms with Crippen molar-refractivity contribution in [3.8, 4) is 0 Å². The van der Waals surface area contributed by atoms with Crippen LogP contribution < -0.4 is 11.1 Å². The van der Waals surface area contributed by atoms with Crippen molar-refractivity contribution < 1.29 is 9.59 Å². The fourth-order valence-electron chi connectivity index (χ4n) is 2.39. The number of carbonyl (C=O) groups is 2. The Hall–Kier alpha value is -1.68. The minimum absolute atomic E-state index is 0.00673. The molecule has 0 saturated heterocycles. The molecule has 0 spiro atoms. The summed E-state index contributed by atoms with van der Waals surface area (Å²) in [5.74, 6) is 0.0952. The van der Waals surface area contributed by atoms with E-state index >= 15 is 0 Å². The number of ketones is 1. The van der Waals surface area contributed by atoms with Crippen LogP contribution in [0.1, 0.15) is 56.3 Å². The van der Waals surface area contributed by atoms with Crippen LogP contribution in [0.5, 0.6) is 0 Å². The third-order valence-corrected chi connectivity index (χ3v) is 3.47. The average Bonchev–Trinajstić information content (AvgIpc) is 2.47. The van der Waals surface area contributed by atoms with Gasteiger partial charge in [0.1, 0.15) is 0 Å². The molecular formula is C17H26N2O2. The van der Waals surface area contributed by atoms with Crippen molar-refractivity contribution in [1.82, 2.24) is 0 Å². The van der Waals surface area contributed by atoms with Gasteiger partial charge in [0.15, 0.2) is 5.78 Å². The van der Waals surface area contributed by atoms with Gasteiger partial charge in [-0.3, -0.25) is 9.59 Å². The van der Waals surface area contributed by atoms with E-state index in [-0.39, 0.29) is 17.6 Å². The first kappa shape index (κ1) is 17.4. The molecule has 0 aromatic heterocycles. The number of hydrogen-bond acceptors (Lipinski definition) is 3. The fourth-order valence-corrected chi connectivity index (χ4v) is 2.39. The standard InChI is InChI=1S/C17H26N2O2/c1-3-6-13(7-4-2)17(21)19-15-9-5-8-14(12-15)16(20)10-11-18/h5,8-9,12-13H,3-4,6-7,10-11,18H2,1-2H3,(H,19,21). The highest BCUT2D eigenvalue weighted by Crippen LogP contribution is 2.18. The highest BCUT2D eigenvalue weighted by Gasteiger charge is 2.17. The van der Waals surface area contributed by atoms with Crippen LogP contribution in [0.3, 0.4) is 0 Å². The second-order valence-corrected chi connectivity index (χ2v) is 5.31. The molecule has 21 heavy (non-hydrogen) atoms. The predicted molar refractivity (Wildman–Crippen MR) is 86.4 cm³/mol. The molecule has 3 N–H and O–H groups in total. The SMILES string of the molecule is CCCC(CCC)C(=O)Nc1cccc(C(=O)CCN)c1.